The predicted molar refractivity (Wildman–Crippen MR) is 52.2 cm³/mol. The number of halogens is 2. The van der Waals surface area contributed by atoms with E-state index in [9.17, 15) is 4.21 Å². The summed E-state index contributed by atoms with van der Waals surface area (Å²) in [6.45, 7) is 0. The van der Waals surface area contributed by atoms with Crippen LogP contribution in [0.25, 0.3) is 0 Å². The zero-order chi connectivity index (χ0) is 7.70. The molecule has 58 valence electrons. The topological polar surface area (TPSA) is 17.1 Å². The van der Waals surface area contributed by atoms with Crippen molar-refractivity contribution in [2.24, 2.45) is 0 Å². The van der Waals surface area contributed by atoms with Gasteiger partial charge in [0, 0.05) is 34.0 Å². The van der Waals surface area contributed by atoms with Crippen molar-refractivity contribution < 1.29 is 4.21 Å². The lowest BCUT2D eigenvalue weighted by Crippen LogP contribution is -1.70. The standard InChI is InChI=1S/C3H6Br2.C2H6OS/c4-2-1-3-5;1-4(2)3/h1-3H2;1-2H3. The van der Waals surface area contributed by atoms with Gasteiger partial charge in [0.25, 0.3) is 0 Å². The molecule has 0 saturated heterocycles. The number of rotatable bonds is 2. The molecule has 0 aliphatic rings. The average Bonchev–Trinajstić information content (AvgIpc) is 1.66. The summed E-state index contributed by atoms with van der Waals surface area (Å²) in [7, 11) is -0.611. The van der Waals surface area contributed by atoms with Crippen molar-refractivity contribution in [3.8, 4) is 0 Å². The lowest BCUT2D eigenvalue weighted by atomic mass is 10.6. The van der Waals surface area contributed by atoms with E-state index in [-0.39, 0.29) is 0 Å². The molecule has 0 aromatic carbocycles. The Balaban J connectivity index is 0. The van der Waals surface area contributed by atoms with Gasteiger partial charge in [0.2, 0.25) is 0 Å². The molecule has 0 aliphatic heterocycles. The molecule has 0 amide bonds. The molecule has 0 atom stereocenters. The predicted octanol–water partition coefficient (Wildman–Crippen LogP) is 2.16. The summed E-state index contributed by atoms with van der Waals surface area (Å²) in [4.78, 5) is 0. The molecule has 0 unspecified atom stereocenters. The quantitative estimate of drug-likeness (QED) is 0.708. The Morgan fingerprint density at radius 2 is 1.44 bits per heavy atom. The Hall–Kier alpha value is 1.11. The maximum Gasteiger partial charge on any atom is 0.0148 e. The van der Waals surface area contributed by atoms with Crippen LogP contribution in [-0.4, -0.2) is 27.4 Å². The molecule has 0 N–H and O–H groups in total. The monoisotopic (exact) mass is 278 g/mol. The third-order valence-electron chi connectivity index (χ3n) is 0.267. The van der Waals surface area contributed by atoms with Crippen LogP contribution < -0.4 is 0 Å². The Labute approximate surface area is 76.3 Å². The van der Waals surface area contributed by atoms with Crippen LogP contribution in [0.15, 0.2) is 0 Å². The summed E-state index contributed by atoms with van der Waals surface area (Å²) in [5.41, 5.74) is 0. The largest absolute Gasteiger partial charge is 0.260 e. The highest BCUT2D eigenvalue weighted by Crippen LogP contribution is 1.90. The number of hydrogen-bond acceptors (Lipinski definition) is 1. The van der Waals surface area contributed by atoms with E-state index in [4.69, 9.17) is 0 Å². The van der Waals surface area contributed by atoms with Gasteiger partial charge in [-0.15, -0.1) is 0 Å². The summed E-state index contributed by atoms with van der Waals surface area (Å²) < 4.78 is 9.56. The first-order chi connectivity index (χ1) is 4.15. The maximum absolute atomic E-state index is 9.56. The molecule has 0 radical (unpaired) electrons. The van der Waals surface area contributed by atoms with Gasteiger partial charge in [-0.05, 0) is 6.42 Å². The highest BCUT2D eigenvalue weighted by atomic mass is 79.9. The van der Waals surface area contributed by atoms with Gasteiger partial charge in [-0.1, -0.05) is 31.9 Å². The smallest absolute Gasteiger partial charge is 0.0148 e. The molecule has 0 fully saturated rings. The third kappa shape index (κ3) is 47.6. The highest BCUT2D eigenvalue weighted by molar-refractivity contribution is 9.09. The fraction of sp³-hybridized carbons (Fsp3) is 1.00. The molecule has 4 heteroatoms. The molecule has 0 bridgehead atoms. The van der Waals surface area contributed by atoms with Gasteiger partial charge in [-0.2, -0.15) is 0 Å². The van der Waals surface area contributed by atoms with Gasteiger partial charge < -0.3 is 0 Å². The molecular weight excluding hydrogens is 268 g/mol. The number of hydrogen-bond donors (Lipinski definition) is 0. The maximum atomic E-state index is 9.56. The van der Waals surface area contributed by atoms with Crippen molar-refractivity contribution in [1.29, 1.82) is 0 Å². The minimum absolute atomic E-state index is 0.611. The van der Waals surface area contributed by atoms with E-state index in [0.717, 1.165) is 10.7 Å². The second kappa shape index (κ2) is 11.9. The van der Waals surface area contributed by atoms with Crippen LogP contribution >= 0.6 is 31.9 Å². The first-order valence-electron chi connectivity index (χ1n) is 2.52. The summed E-state index contributed by atoms with van der Waals surface area (Å²) in [5, 5.41) is 2.22. The number of alkyl halides is 2. The van der Waals surface area contributed by atoms with Crippen LogP contribution in [-0.2, 0) is 10.8 Å². The van der Waals surface area contributed by atoms with E-state index in [1.54, 1.807) is 12.5 Å². The van der Waals surface area contributed by atoms with Crippen LogP contribution in [0.4, 0.5) is 0 Å². The highest BCUT2D eigenvalue weighted by Gasteiger charge is 1.71. The summed E-state index contributed by atoms with van der Waals surface area (Å²) in [5.74, 6) is 0. The zero-order valence-corrected chi connectivity index (χ0v) is 9.68. The van der Waals surface area contributed by atoms with E-state index in [1.807, 2.05) is 0 Å². The van der Waals surface area contributed by atoms with Crippen LogP contribution in [0.5, 0.6) is 0 Å². The summed E-state index contributed by atoms with van der Waals surface area (Å²) in [6.07, 6.45) is 4.50. The van der Waals surface area contributed by atoms with Gasteiger partial charge >= 0.3 is 0 Å². The Kier molecular flexibility index (Phi) is 16.8. The average molecular weight is 280 g/mol. The van der Waals surface area contributed by atoms with Crippen molar-refractivity contribution >= 4 is 42.7 Å². The molecule has 0 heterocycles. The minimum atomic E-state index is -0.611. The van der Waals surface area contributed by atoms with Gasteiger partial charge in [0.1, 0.15) is 0 Å². The van der Waals surface area contributed by atoms with E-state index >= 15 is 0 Å². The molecule has 0 aromatic rings. The molecular formula is C5H12Br2OS. The van der Waals surface area contributed by atoms with Crippen LogP contribution in [0.1, 0.15) is 6.42 Å². The summed E-state index contributed by atoms with van der Waals surface area (Å²) >= 11 is 6.56. The van der Waals surface area contributed by atoms with Gasteiger partial charge in [0.15, 0.2) is 0 Å². The van der Waals surface area contributed by atoms with Gasteiger partial charge in [-0.25, -0.2) is 0 Å². The molecule has 1 nitrogen and oxygen atoms in total. The SMILES string of the molecule is BrCCCBr.CS(C)=O. The van der Waals surface area contributed by atoms with Crippen molar-refractivity contribution in [1.82, 2.24) is 0 Å². The molecule has 0 spiro atoms. The normalized spacial score (nSPS) is 8.56. The molecule has 0 saturated carbocycles. The van der Waals surface area contributed by atoms with Gasteiger partial charge in [-0.3, -0.25) is 4.21 Å². The molecule has 0 aromatic heterocycles. The molecule has 0 aliphatic carbocycles. The van der Waals surface area contributed by atoms with Crippen molar-refractivity contribution in [2.45, 2.75) is 6.42 Å². The lowest BCUT2D eigenvalue weighted by Gasteiger charge is -1.76. The Morgan fingerprint density at radius 1 is 1.22 bits per heavy atom. The van der Waals surface area contributed by atoms with Crippen molar-refractivity contribution in [3.63, 3.8) is 0 Å². The van der Waals surface area contributed by atoms with E-state index < -0.39 is 10.8 Å². The first-order valence-corrected chi connectivity index (χ1v) is 6.73. The van der Waals surface area contributed by atoms with Crippen molar-refractivity contribution in [2.75, 3.05) is 23.2 Å². The second-order valence-electron chi connectivity index (χ2n) is 1.47. The Bertz CT molecular complexity index is 62.0. The lowest BCUT2D eigenvalue weighted by molar-refractivity contribution is 0.690. The van der Waals surface area contributed by atoms with Crippen LogP contribution in [0.3, 0.4) is 0 Å². The minimum Gasteiger partial charge on any atom is -0.260 e. The summed E-state index contributed by atoms with van der Waals surface area (Å²) in [6, 6.07) is 0. The van der Waals surface area contributed by atoms with Crippen LogP contribution in [0, 0.1) is 0 Å². The fourth-order valence-electron chi connectivity index (χ4n) is 0.0505. The van der Waals surface area contributed by atoms with Crippen molar-refractivity contribution in [3.05, 3.63) is 0 Å². The van der Waals surface area contributed by atoms with Gasteiger partial charge in [0.05, 0.1) is 0 Å². The fourth-order valence-corrected chi connectivity index (χ4v) is 1.36. The zero-order valence-electron chi connectivity index (χ0n) is 5.69. The first kappa shape index (κ1) is 12.8. The second-order valence-corrected chi connectivity index (χ2v) is 4.54. The molecule has 0 rings (SSSR count). The van der Waals surface area contributed by atoms with Crippen LogP contribution in [0.2, 0.25) is 0 Å². The van der Waals surface area contributed by atoms with E-state index in [1.165, 1.54) is 6.42 Å². The van der Waals surface area contributed by atoms with E-state index in [0.29, 0.717) is 0 Å². The third-order valence-corrected chi connectivity index (χ3v) is 1.39. The van der Waals surface area contributed by atoms with E-state index in [2.05, 4.69) is 31.9 Å². The Morgan fingerprint density at radius 3 is 1.44 bits per heavy atom. The molecule has 9 heavy (non-hydrogen) atoms.